The second-order valence-electron chi connectivity index (χ2n) is 8.36. The largest absolute Gasteiger partial charge is 0.423 e. The van der Waals surface area contributed by atoms with E-state index in [9.17, 15) is 4.79 Å². The number of aryl methyl sites for hydroxylation is 1. The molecule has 3 heteroatoms. The van der Waals surface area contributed by atoms with Crippen molar-refractivity contribution in [1.29, 1.82) is 0 Å². The minimum atomic E-state index is -0.308. The number of rotatable bonds is 15. The lowest BCUT2D eigenvalue weighted by atomic mass is 10.1. The quantitative estimate of drug-likeness (QED) is 0.165. The number of para-hydroxylation sites is 1. The molecule has 1 atom stereocenters. The number of hydrogen-bond donors (Lipinski definition) is 0. The van der Waals surface area contributed by atoms with E-state index in [1.54, 1.807) is 0 Å². The highest BCUT2D eigenvalue weighted by Gasteiger charge is 2.13. The van der Waals surface area contributed by atoms with Crippen LogP contribution in [0.2, 0.25) is 0 Å². The summed E-state index contributed by atoms with van der Waals surface area (Å²) in [6, 6.07) is 15.5. The molecule has 0 aliphatic rings. The Morgan fingerprint density at radius 2 is 1.45 bits per heavy atom. The van der Waals surface area contributed by atoms with Crippen LogP contribution in [-0.2, 0) is 11.2 Å². The van der Waals surface area contributed by atoms with Gasteiger partial charge in [-0.05, 0) is 55.5 Å². The first kappa shape index (κ1) is 25.1. The van der Waals surface area contributed by atoms with Crippen molar-refractivity contribution in [3.63, 3.8) is 0 Å². The van der Waals surface area contributed by atoms with Crippen molar-refractivity contribution in [3.8, 4) is 5.75 Å². The van der Waals surface area contributed by atoms with Gasteiger partial charge < -0.3 is 9.47 Å². The molecule has 2 aromatic rings. The molecule has 0 aromatic heterocycles. The molecule has 0 spiro atoms. The normalized spacial score (nSPS) is 12.0. The predicted molar refractivity (Wildman–Crippen MR) is 129 cm³/mol. The van der Waals surface area contributed by atoms with Gasteiger partial charge in [-0.15, -0.1) is 0 Å². The Kier molecular flexibility index (Phi) is 12.0. The van der Waals surface area contributed by atoms with E-state index in [2.05, 4.69) is 26.8 Å². The summed E-state index contributed by atoms with van der Waals surface area (Å²) < 4.78 is 11.7. The second-order valence-corrected chi connectivity index (χ2v) is 8.36. The van der Waals surface area contributed by atoms with E-state index < -0.39 is 0 Å². The van der Waals surface area contributed by atoms with Crippen molar-refractivity contribution in [1.82, 2.24) is 0 Å². The molecule has 0 heterocycles. The Hall–Kier alpha value is -2.13. The van der Waals surface area contributed by atoms with E-state index >= 15 is 0 Å². The number of carbonyl (C=O) groups is 1. The van der Waals surface area contributed by atoms with Crippen molar-refractivity contribution >= 4 is 5.97 Å². The summed E-state index contributed by atoms with van der Waals surface area (Å²) in [6.07, 6.45) is 11.9. The molecule has 0 aliphatic carbocycles. The Labute approximate surface area is 189 Å². The van der Waals surface area contributed by atoms with Crippen molar-refractivity contribution in [2.24, 2.45) is 0 Å². The van der Waals surface area contributed by atoms with Crippen LogP contribution < -0.4 is 4.74 Å². The molecular formula is C28H40O3. The third kappa shape index (κ3) is 9.26. The highest BCUT2D eigenvalue weighted by atomic mass is 16.5. The summed E-state index contributed by atoms with van der Waals surface area (Å²) in [7, 11) is 0. The molecule has 0 saturated heterocycles. The molecule has 2 aromatic carbocycles. The van der Waals surface area contributed by atoms with E-state index in [1.807, 2.05) is 42.5 Å². The minimum Gasteiger partial charge on any atom is -0.423 e. The SMILES string of the molecule is CCCCCCCOC(C)c1ccc(C(=O)Oc2ccccc2CCCCCC)cc1. The maximum absolute atomic E-state index is 12.7. The Bertz CT molecular complexity index is 751. The van der Waals surface area contributed by atoms with Crippen molar-refractivity contribution in [2.45, 2.75) is 91.1 Å². The number of unbranched alkanes of at least 4 members (excludes halogenated alkanes) is 7. The van der Waals surface area contributed by atoms with E-state index in [4.69, 9.17) is 9.47 Å². The summed E-state index contributed by atoms with van der Waals surface area (Å²) in [4.78, 5) is 12.7. The van der Waals surface area contributed by atoms with Gasteiger partial charge in [0.2, 0.25) is 0 Å². The molecule has 3 nitrogen and oxygen atoms in total. The van der Waals surface area contributed by atoms with Crippen LogP contribution in [0.3, 0.4) is 0 Å². The smallest absolute Gasteiger partial charge is 0.343 e. The zero-order valence-corrected chi connectivity index (χ0v) is 19.7. The fourth-order valence-corrected chi connectivity index (χ4v) is 3.66. The van der Waals surface area contributed by atoms with Crippen LogP contribution in [0.25, 0.3) is 0 Å². The van der Waals surface area contributed by atoms with Crippen LogP contribution in [0.1, 0.15) is 106 Å². The van der Waals surface area contributed by atoms with E-state index in [1.165, 1.54) is 44.9 Å². The summed E-state index contributed by atoms with van der Waals surface area (Å²) in [5.41, 5.74) is 2.75. The third-order valence-electron chi connectivity index (χ3n) is 5.71. The first-order valence-corrected chi connectivity index (χ1v) is 12.2. The highest BCUT2D eigenvalue weighted by Crippen LogP contribution is 2.23. The van der Waals surface area contributed by atoms with Gasteiger partial charge in [-0.3, -0.25) is 0 Å². The number of benzene rings is 2. The zero-order chi connectivity index (χ0) is 22.3. The Morgan fingerprint density at radius 1 is 0.806 bits per heavy atom. The second kappa shape index (κ2) is 14.8. The van der Waals surface area contributed by atoms with Crippen LogP contribution in [0.4, 0.5) is 0 Å². The molecule has 0 amide bonds. The summed E-state index contributed by atoms with van der Waals surface area (Å²) in [6.45, 7) is 7.28. The van der Waals surface area contributed by atoms with Gasteiger partial charge in [-0.2, -0.15) is 0 Å². The molecular weight excluding hydrogens is 384 g/mol. The lowest BCUT2D eigenvalue weighted by Gasteiger charge is -2.14. The number of carbonyl (C=O) groups excluding carboxylic acids is 1. The number of ether oxygens (including phenoxy) is 2. The molecule has 0 fully saturated rings. The van der Waals surface area contributed by atoms with Crippen LogP contribution >= 0.6 is 0 Å². The van der Waals surface area contributed by atoms with Gasteiger partial charge in [0, 0.05) is 6.61 Å². The topological polar surface area (TPSA) is 35.5 Å². The molecule has 2 rings (SSSR count). The Balaban J connectivity index is 1.85. The maximum Gasteiger partial charge on any atom is 0.343 e. The van der Waals surface area contributed by atoms with Crippen molar-refractivity contribution in [3.05, 3.63) is 65.2 Å². The van der Waals surface area contributed by atoms with E-state index in [0.717, 1.165) is 37.0 Å². The molecule has 0 saturated carbocycles. The summed E-state index contributed by atoms with van der Waals surface area (Å²) >= 11 is 0. The van der Waals surface area contributed by atoms with Gasteiger partial charge in [0.15, 0.2) is 0 Å². The van der Waals surface area contributed by atoms with Crippen molar-refractivity contribution < 1.29 is 14.3 Å². The standard InChI is InChI=1S/C28H40O3/c1-4-6-8-10-14-22-30-23(3)24-18-20-26(21-19-24)28(29)31-27-17-13-12-16-25(27)15-11-9-7-5-2/h12-13,16-21,23H,4-11,14-15,22H2,1-3H3. The summed E-state index contributed by atoms with van der Waals surface area (Å²) in [5, 5.41) is 0. The van der Waals surface area contributed by atoms with Gasteiger partial charge in [-0.1, -0.05) is 89.1 Å². The molecule has 1 unspecified atom stereocenters. The molecule has 0 bridgehead atoms. The zero-order valence-electron chi connectivity index (χ0n) is 19.7. The van der Waals surface area contributed by atoms with Crippen LogP contribution in [0, 0.1) is 0 Å². The third-order valence-corrected chi connectivity index (χ3v) is 5.71. The van der Waals surface area contributed by atoms with Crippen LogP contribution in [0.5, 0.6) is 5.75 Å². The summed E-state index contributed by atoms with van der Waals surface area (Å²) in [5.74, 6) is 0.366. The molecule has 31 heavy (non-hydrogen) atoms. The van der Waals surface area contributed by atoms with Gasteiger partial charge in [0.25, 0.3) is 0 Å². The average molecular weight is 425 g/mol. The van der Waals surface area contributed by atoms with Gasteiger partial charge in [-0.25, -0.2) is 4.79 Å². The minimum absolute atomic E-state index is 0.0279. The lowest BCUT2D eigenvalue weighted by molar-refractivity contribution is 0.0626. The van der Waals surface area contributed by atoms with E-state index in [0.29, 0.717) is 11.3 Å². The average Bonchev–Trinajstić information content (AvgIpc) is 2.80. The van der Waals surface area contributed by atoms with Crippen molar-refractivity contribution in [2.75, 3.05) is 6.61 Å². The fraction of sp³-hybridized carbons (Fsp3) is 0.536. The number of esters is 1. The monoisotopic (exact) mass is 424 g/mol. The van der Waals surface area contributed by atoms with E-state index in [-0.39, 0.29) is 12.1 Å². The van der Waals surface area contributed by atoms with Crippen LogP contribution in [0.15, 0.2) is 48.5 Å². The van der Waals surface area contributed by atoms with Crippen LogP contribution in [-0.4, -0.2) is 12.6 Å². The number of hydrogen-bond acceptors (Lipinski definition) is 3. The lowest BCUT2D eigenvalue weighted by Crippen LogP contribution is -2.10. The molecule has 0 aliphatic heterocycles. The molecule has 0 N–H and O–H groups in total. The predicted octanol–water partition coefficient (Wildman–Crippen LogP) is 8.08. The molecule has 0 radical (unpaired) electrons. The fourth-order valence-electron chi connectivity index (χ4n) is 3.66. The van der Waals surface area contributed by atoms with Gasteiger partial charge in [0.05, 0.1) is 11.7 Å². The highest BCUT2D eigenvalue weighted by molar-refractivity contribution is 5.91. The maximum atomic E-state index is 12.7. The first-order valence-electron chi connectivity index (χ1n) is 12.2. The van der Waals surface area contributed by atoms with Gasteiger partial charge in [0.1, 0.15) is 5.75 Å². The molecule has 170 valence electrons. The Morgan fingerprint density at radius 3 is 2.16 bits per heavy atom. The first-order chi connectivity index (χ1) is 15.2. The van der Waals surface area contributed by atoms with Gasteiger partial charge >= 0.3 is 5.97 Å².